The van der Waals surface area contributed by atoms with Crippen molar-refractivity contribution in [3.05, 3.63) is 54.4 Å². The van der Waals surface area contributed by atoms with E-state index in [2.05, 4.69) is 27.6 Å². The van der Waals surface area contributed by atoms with Gasteiger partial charge in [0.1, 0.15) is 5.82 Å². The molecule has 0 spiro atoms. The first-order chi connectivity index (χ1) is 9.27. The zero-order chi connectivity index (χ0) is 13.0. The van der Waals surface area contributed by atoms with Crippen LogP contribution >= 0.6 is 24.8 Å². The quantitative estimate of drug-likeness (QED) is 0.523. The summed E-state index contributed by atoms with van der Waals surface area (Å²) in [4.78, 5) is 4.67. The lowest BCUT2D eigenvalue weighted by atomic mass is 10.2. The maximum absolute atomic E-state index is 6.36. The van der Waals surface area contributed by atoms with E-state index in [1.165, 1.54) is 0 Å². The third-order valence-electron chi connectivity index (χ3n) is 3.68. The summed E-state index contributed by atoms with van der Waals surface area (Å²) in [5, 5.41) is 2.19. The molecule has 2 aromatic heterocycles. The highest BCUT2D eigenvalue weighted by Crippen LogP contribution is 2.33. The molecule has 3 nitrogen and oxygen atoms in total. The Labute approximate surface area is 134 Å². The molecule has 0 aliphatic carbocycles. The molecule has 2 heterocycles. The van der Waals surface area contributed by atoms with Crippen LogP contribution in [0.25, 0.3) is 27.3 Å². The van der Waals surface area contributed by atoms with Crippen LogP contribution in [0, 0.1) is 6.92 Å². The minimum atomic E-state index is 0. The number of fused-ring (bicyclic) bond motifs is 5. The summed E-state index contributed by atoms with van der Waals surface area (Å²) in [6.07, 6.45) is 0. The van der Waals surface area contributed by atoms with Crippen LogP contribution in [0.15, 0.2) is 48.5 Å². The molecule has 0 aliphatic rings. The van der Waals surface area contributed by atoms with Gasteiger partial charge in [-0.2, -0.15) is 0 Å². The number of aromatic nitrogens is 2. The van der Waals surface area contributed by atoms with E-state index in [-0.39, 0.29) is 24.8 Å². The molecule has 0 saturated carbocycles. The smallest absolute Gasteiger partial charge is 0.111 e. The molecule has 0 bridgehead atoms. The highest BCUT2D eigenvalue weighted by molar-refractivity contribution is 6.11. The fourth-order valence-corrected chi connectivity index (χ4v) is 2.86. The van der Waals surface area contributed by atoms with Crippen LogP contribution in [0.2, 0.25) is 0 Å². The Balaban J connectivity index is 0.000000807. The minimum absolute atomic E-state index is 0. The molecule has 5 heteroatoms. The lowest BCUT2D eigenvalue weighted by Gasteiger charge is -2.06. The van der Waals surface area contributed by atoms with Gasteiger partial charge in [0.25, 0.3) is 0 Å². The molecule has 0 unspecified atom stereocenters. The number of halogens is 2. The average Bonchev–Trinajstić information content (AvgIpc) is 2.74. The number of aryl methyl sites for hydroxylation is 1. The Morgan fingerprint density at radius 2 is 1.52 bits per heavy atom. The van der Waals surface area contributed by atoms with Crippen molar-refractivity contribution in [2.24, 2.45) is 0 Å². The fraction of sp³-hybridized carbons (Fsp3) is 0.0625. The third kappa shape index (κ3) is 2.01. The standard InChI is InChI=1S/C16H13N3.2ClH/c1-10-18-13-8-4-2-6-11(13)16-15(17)12-7-3-5-9-14(12)19(10)16;;/h2-9H,17H2,1H3;2*1H. The lowest BCUT2D eigenvalue weighted by Crippen LogP contribution is -1.97. The molecule has 21 heavy (non-hydrogen) atoms. The van der Waals surface area contributed by atoms with Crippen molar-refractivity contribution in [3.8, 4) is 0 Å². The molecular formula is C16H15Cl2N3. The molecule has 4 rings (SSSR count). The minimum Gasteiger partial charge on any atom is -0.396 e. The summed E-state index contributed by atoms with van der Waals surface area (Å²) >= 11 is 0. The summed E-state index contributed by atoms with van der Waals surface area (Å²) < 4.78 is 2.15. The topological polar surface area (TPSA) is 43.3 Å². The number of benzene rings is 2. The summed E-state index contributed by atoms with van der Waals surface area (Å²) in [5.74, 6) is 0.960. The van der Waals surface area contributed by atoms with Gasteiger partial charge in [0.05, 0.1) is 22.2 Å². The Kier molecular flexibility index (Phi) is 3.99. The highest BCUT2D eigenvalue weighted by Gasteiger charge is 2.13. The largest absolute Gasteiger partial charge is 0.396 e. The number of nitrogens with two attached hydrogens (primary N) is 1. The molecule has 108 valence electrons. The Hall–Kier alpha value is -1.97. The van der Waals surface area contributed by atoms with Crippen LogP contribution < -0.4 is 5.73 Å². The van der Waals surface area contributed by atoms with Crippen LogP contribution in [0.5, 0.6) is 0 Å². The van der Waals surface area contributed by atoms with E-state index in [1.807, 2.05) is 37.3 Å². The van der Waals surface area contributed by atoms with Crippen molar-refractivity contribution in [2.75, 3.05) is 5.73 Å². The van der Waals surface area contributed by atoms with E-state index in [4.69, 9.17) is 5.73 Å². The molecule has 4 aromatic rings. The van der Waals surface area contributed by atoms with Gasteiger partial charge in [-0.15, -0.1) is 24.8 Å². The van der Waals surface area contributed by atoms with Crippen LogP contribution in [-0.4, -0.2) is 9.38 Å². The van der Waals surface area contributed by atoms with Gasteiger partial charge in [0.15, 0.2) is 0 Å². The van der Waals surface area contributed by atoms with Gasteiger partial charge in [-0.3, -0.25) is 4.40 Å². The van der Waals surface area contributed by atoms with E-state index >= 15 is 0 Å². The lowest BCUT2D eigenvalue weighted by molar-refractivity contribution is 1.05. The van der Waals surface area contributed by atoms with Gasteiger partial charge in [-0.1, -0.05) is 36.4 Å². The molecule has 2 aromatic carbocycles. The van der Waals surface area contributed by atoms with Gasteiger partial charge in [-0.25, -0.2) is 4.98 Å². The maximum Gasteiger partial charge on any atom is 0.111 e. The molecule has 2 N–H and O–H groups in total. The first-order valence-electron chi connectivity index (χ1n) is 6.31. The second kappa shape index (κ2) is 5.43. The van der Waals surface area contributed by atoms with Crippen LogP contribution in [0.3, 0.4) is 0 Å². The van der Waals surface area contributed by atoms with Crippen molar-refractivity contribution in [1.29, 1.82) is 0 Å². The Morgan fingerprint density at radius 1 is 0.905 bits per heavy atom. The Morgan fingerprint density at radius 3 is 2.29 bits per heavy atom. The van der Waals surface area contributed by atoms with Crippen molar-refractivity contribution >= 4 is 57.8 Å². The van der Waals surface area contributed by atoms with E-state index in [0.29, 0.717) is 0 Å². The summed E-state index contributed by atoms with van der Waals surface area (Å²) in [6.45, 7) is 2.02. The van der Waals surface area contributed by atoms with E-state index < -0.39 is 0 Å². The average molecular weight is 320 g/mol. The van der Waals surface area contributed by atoms with Crippen LogP contribution in [0.1, 0.15) is 5.82 Å². The van der Waals surface area contributed by atoms with Gasteiger partial charge >= 0.3 is 0 Å². The van der Waals surface area contributed by atoms with Gasteiger partial charge < -0.3 is 5.73 Å². The molecule has 0 amide bonds. The Bertz CT molecular complexity index is 944. The SMILES string of the molecule is Cc1nc2ccccc2c2c(N)c3ccccc3n12.Cl.Cl. The first-order valence-corrected chi connectivity index (χ1v) is 6.31. The number of nitrogens with zero attached hydrogens (tertiary/aromatic N) is 2. The van der Waals surface area contributed by atoms with Crippen LogP contribution in [-0.2, 0) is 0 Å². The van der Waals surface area contributed by atoms with Crippen molar-refractivity contribution in [2.45, 2.75) is 6.92 Å². The van der Waals surface area contributed by atoms with Crippen molar-refractivity contribution in [1.82, 2.24) is 9.38 Å². The second-order valence-corrected chi connectivity index (χ2v) is 4.79. The number of rotatable bonds is 0. The van der Waals surface area contributed by atoms with E-state index in [9.17, 15) is 0 Å². The highest BCUT2D eigenvalue weighted by atomic mass is 35.5. The van der Waals surface area contributed by atoms with Gasteiger partial charge in [-0.05, 0) is 19.1 Å². The number of hydrogen-bond acceptors (Lipinski definition) is 2. The van der Waals surface area contributed by atoms with E-state index in [1.54, 1.807) is 0 Å². The summed E-state index contributed by atoms with van der Waals surface area (Å²) in [6, 6.07) is 16.3. The number of anilines is 1. The molecule has 0 saturated heterocycles. The summed E-state index contributed by atoms with van der Waals surface area (Å²) in [5.41, 5.74) is 10.4. The van der Waals surface area contributed by atoms with Gasteiger partial charge in [0.2, 0.25) is 0 Å². The number of nitrogen functional groups attached to an aromatic ring is 1. The summed E-state index contributed by atoms with van der Waals surface area (Å²) in [7, 11) is 0. The van der Waals surface area contributed by atoms with E-state index in [0.717, 1.165) is 38.8 Å². The third-order valence-corrected chi connectivity index (χ3v) is 3.68. The normalized spacial score (nSPS) is 10.5. The van der Waals surface area contributed by atoms with Gasteiger partial charge in [0, 0.05) is 10.8 Å². The monoisotopic (exact) mass is 319 g/mol. The molecule has 0 atom stereocenters. The van der Waals surface area contributed by atoms with Crippen molar-refractivity contribution < 1.29 is 0 Å². The maximum atomic E-state index is 6.36. The predicted octanol–water partition coefficient (Wildman–Crippen LogP) is 4.37. The predicted molar refractivity (Wildman–Crippen MR) is 93.8 cm³/mol. The zero-order valence-electron chi connectivity index (χ0n) is 11.4. The second-order valence-electron chi connectivity index (χ2n) is 4.79. The zero-order valence-corrected chi connectivity index (χ0v) is 13.0. The molecule has 0 radical (unpaired) electrons. The molecule has 0 fully saturated rings. The van der Waals surface area contributed by atoms with Crippen molar-refractivity contribution in [3.63, 3.8) is 0 Å². The first kappa shape index (κ1) is 15.4. The molecular weight excluding hydrogens is 305 g/mol. The molecule has 0 aliphatic heterocycles. The fourth-order valence-electron chi connectivity index (χ4n) is 2.86. The number of para-hydroxylation sites is 2. The van der Waals surface area contributed by atoms with Crippen LogP contribution in [0.4, 0.5) is 5.69 Å². The number of hydrogen-bond donors (Lipinski definition) is 1.